The second-order valence-electron chi connectivity index (χ2n) is 5.05. The summed E-state index contributed by atoms with van der Waals surface area (Å²) >= 11 is 0. The summed E-state index contributed by atoms with van der Waals surface area (Å²) in [6.07, 6.45) is 3.40. The normalized spacial score (nSPS) is 19.9. The largest absolute Gasteiger partial charge is 0.491 e. The maximum Gasteiger partial charge on any atom is 0.261 e. The molecule has 1 aliphatic rings. The number of halogens is 1. The lowest BCUT2D eigenvalue weighted by molar-refractivity contribution is -0.0112. The Morgan fingerprint density at radius 2 is 2.05 bits per heavy atom. The van der Waals surface area contributed by atoms with E-state index in [1.54, 1.807) is 13.0 Å². The van der Waals surface area contributed by atoms with Crippen LogP contribution in [0, 0.1) is 13.8 Å². The Kier molecular flexibility index (Phi) is 4.94. The van der Waals surface area contributed by atoms with Gasteiger partial charge in [0.05, 0.1) is 11.0 Å². The van der Waals surface area contributed by atoms with Gasteiger partial charge in [0.25, 0.3) is 9.05 Å². The minimum atomic E-state index is -3.72. The van der Waals surface area contributed by atoms with Gasteiger partial charge in [-0.05, 0) is 56.4 Å². The van der Waals surface area contributed by atoms with Gasteiger partial charge in [-0.25, -0.2) is 8.42 Å². The predicted molar refractivity (Wildman–Crippen MR) is 78.0 cm³/mol. The van der Waals surface area contributed by atoms with Gasteiger partial charge >= 0.3 is 0 Å². The Bertz CT molecular complexity index is 577. The van der Waals surface area contributed by atoms with Crippen molar-refractivity contribution in [1.29, 1.82) is 0 Å². The van der Waals surface area contributed by atoms with Gasteiger partial charge in [-0.2, -0.15) is 0 Å². The van der Waals surface area contributed by atoms with Crippen LogP contribution in [0.15, 0.2) is 17.0 Å². The summed E-state index contributed by atoms with van der Waals surface area (Å²) in [7, 11) is 1.68. The summed E-state index contributed by atoms with van der Waals surface area (Å²) in [5.74, 6) is 0.681. The third-order valence-corrected chi connectivity index (χ3v) is 5.12. The zero-order valence-electron chi connectivity index (χ0n) is 11.7. The molecule has 1 heterocycles. The van der Waals surface area contributed by atoms with E-state index in [-0.39, 0.29) is 11.0 Å². The van der Waals surface area contributed by atoms with E-state index in [1.165, 1.54) is 6.07 Å². The maximum absolute atomic E-state index is 11.4. The van der Waals surface area contributed by atoms with Crippen LogP contribution in [0.2, 0.25) is 0 Å². The van der Waals surface area contributed by atoms with Gasteiger partial charge < -0.3 is 9.47 Å². The number of benzene rings is 1. The third-order valence-electron chi connectivity index (χ3n) is 3.65. The van der Waals surface area contributed by atoms with Crippen LogP contribution in [0.1, 0.15) is 30.4 Å². The molecule has 0 saturated carbocycles. The quantitative estimate of drug-likeness (QED) is 0.800. The standard InChI is InChI=1S/C14H19ClO4S/c1-10-11(2)14(20(15,16)17)7-6-13(10)19-9-12-5-3-4-8-18-12/h6-7,12H,3-5,8-9H2,1-2H3. The van der Waals surface area contributed by atoms with Crippen LogP contribution < -0.4 is 4.74 Å². The molecular weight excluding hydrogens is 300 g/mol. The molecule has 0 spiro atoms. The molecule has 2 rings (SSSR count). The highest BCUT2D eigenvalue weighted by atomic mass is 35.7. The smallest absolute Gasteiger partial charge is 0.261 e. The van der Waals surface area contributed by atoms with Crippen LogP contribution in [0.25, 0.3) is 0 Å². The Labute approximate surface area is 124 Å². The first kappa shape index (κ1) is 15.6. The van der Waals surface area contributed by atoms with E-state index in [2.05, 4.69) is 0 Å². The van der Waals surface area contributed by atoms with Crippen molar-refractivity contribution < 1.29 is 17.9 Å². The summed E-state index contributed by atoms with van der Waals surface area (Å²) in [6.45, 7) is 4.84. The predicted octanol–water partition coefficient (Wildman–Crippen LogP) is 3.18. The lowest BCUT2D eigenvalue weighted by atomic mass is 10.1. The third kappa shape index (κ3) is 3.65. The van der Waals surface area contributed by atoms with Gasteiger partial charge in [-0.3, -0.25) is 0 Å². The minimum Gasteiger partial charge on any atom is -0.491 e. The summed E-state index contributed by atoms with van der Waals surface area (Å²) in [6, 6.07) is 3.14. The van der Waals surface area contributed by atoms with E-state index in [0.717, 1.165) is 31.4 Å². The molecule has 0 amide bonds. The molecule has 6 heteroatoms. The Hall–Kier alpha value is -0.780. The number of rotatable bonds is 4. The first-order chi connectivity index (χ1) is 9.39. The zero-order chi connectivity index (χ0) is 14.8. The summed E-state index contributed by atoms with van der Waals surface area (Å²) in [5, 5.41) is 0. The van der Waals surface area contributed by atoms with Crippen molar-refractivity contribution in [2.24, 2.45) is 0 Å². The second kappa shape index (κ2) is 6.33. The van der Waals surface area contributed by atoms with Gasteiger partial charge in [0.1, 0.15) is 12.4 Å². The number of ether oxygens (including phenoxy) is 2. The monoisotopic (exact) mass is 318 g/mol. The fourth-order valence-corrected chi connectivity index (χ4v) is 3.56. The highest BCUT2D eigenvalue weighted by Crippen LogP contribution is 2.29. The fraction of sp³-hybridized carbons (Fsp3) is 0.571. The summed E-state index contributed by atoms with van der Waals surface area (Å²) in [4.78, 5) is 0.137. The zero-order valence-corrected chi connectivity index (χ0v) is 13.3. The molecule has 1 aliphatic heterocycles. The van der Waals surface area contributed by atoms with Crippen LogP contribution in [0.5, 0.6) is 5.75 Å². The van der Waals surface area contributed by atoms with Crippen LogP contribution >= 0.6 is 10.7 Å². The topological polar surface area (TPSA) is 52.6 Å². The molecular formula is C14H19ClO4S. The van der Waals surface area contributed by atoms with E-state index in [1.807, 2.05) is 6.92 Å². The number of hydrogen-bond acceptors (Lipinski definition) is 4. The van der Waals surface area contributed by atoms with E-state index in [9.17, 15) is 8.42 Å². The van der Waals surface area contributed by atoms with Crippen LogP contribution in [0.4, 0.5) is 0 Å². The molecule has 1 atom stereocenters. The molecule has 4 nitrogen and oxygen atoms in total. The van der Waals surface area contributed by atoms with Gasteiger partial charge in [-0.1, -0.05) is 0 Å². The van der Waals surface area contributed by atoms with Crippen LogP contribution in [-0.2, 0) is 13.8 Å². The molecule has 0 N–H and O–H groups in total. The summed E-state index contributed by atoms with van der Waals surface area (Å²) in [5.41, 5.74) is 1.42. The van der Waals surface area contributed by atoms with Crippen molar-refractivity contribution in [1.82, 2.24) is 0 Å². The van der Waals surface area contributed by atoms with Crippen molar-refractivity contribution in [2.45, 2.75) is 44.1 Å². The molecule has 20 heavy (non-hydrogen) atoms. The lowest BCUT2D eigenvalue weighted by Gasteiger charge is -2.23. The van der Waals surface area contributed by atoms with Crippen molar-refractivity contribution in [3.63, 3.8) is 0 Å². The maximum atomic E-state index is 11.4. The van der Waals surface area contributed by atoms with Crippen molar-refractivity contribution >= 4 is 19.7 Å². The van der Waals surface area contributed by atoms with Gasteiger partial charge in [0.2, 0.25) is 0 Å². The van der Waals surface area contributed by atoms with Crippen molar-refractivity contribution in [3.8, 4) is 5.75 Å². The molecule has 1 fully saturated rings. The van der Waals surface area contributed by atoms with Crippen LogP contribution in [-0.4, -0.2) is 27.7 Å². The van der Waals surface area contributed by atoms with Crippen LogP contribution in [0.3, 0.4) is 0 Å². The molecule has 1 saturated heterocycles. The molecule has 0 aliphatic carbocycles. The molecule has 1 unspecified atom stereocenters. The van der Waals surface area contributed by atoms with E-state index < -0.39 is 9.05 Å². The highest BCUT2D eigenvalue weighted by molar-refractivity contribution is 8.13. The summed E-state index contributed by atoms with van der Waals surface area (Å²) < 4.78 is 34.2. The molecule has 0 radical (unpaired) electrons. The molecule has 0 aromatic heterocycles. The minimum absolute atomic E-state index is 0.125. The van der Waals surface area contributed by atoms with Gasteiger partial charge in [-0.15, -0.1) is 0 Å². The molecule has 1 aromatic carbocycles. The number of hydrogen-bond donors (Lipinski definition) is 0. The molecule has 1 aromatic rings. The van der Waals surface area contributed by atoms with Gasteiger partial charge in [0.15, 0.2) is 0 Å². The highest BCUT2D eigenvalue weighted by Gasteiger charge is 2.19. The van der Waals surface area contributed by atoms with Crippen molar-refractivity contribution in [2.75, 3.05) is 13.2 Å². The SMILES string of the molecule is Cc1c(OCC2CCCCO2)ccc(S(=O)(=O)Cl)c1C. The first-order valence-electron chi connectivity index (χ1n) is 6.69. The fourth-order valence-electron chi connectivity index (χ4n) is 2.31. The molecule has 112 valence electrons. The van der Waals surface area contributed by atoms with E-state index in [4.69, 9.17) is 20.2 Å². The Morgan fingerprint density at radius 1 is 1.30 bits per heavy atom. The molecule has 0 bridgehead atoms. The van der Waals surface area contributed by atoms with E-state index >= 15 is 0 Å². The Balaban J connectivity index is 2.11. The van der Waals surface area contributed by atoms with Crippen molar-refractivity contribution in [3.05, 3.63) is 23.3 Å². The second-order valence-corrected chi connectivity index (χ2v) is 7.58. The Morgan fingerprint density at radius 3 is 2.65 bits per heavy atom. The first-order valence-corrected chi connectivity index (χ1v) is 9.00. The average molecular weight is 319 g/mol. The van der Waals surface area contributed by atoms with Gasteiger partial charge in [0, 0.05) is 17.3 Å². The average Bonchev–Trinajstić information content (AvgIpc) is 2.40. The lowest BCUT2D eigenvalue weighted by Crippen LogP contribution is -2.26. The van der Waals surface area contributed by atoms with E-state index in [0.29, 0.717) is 17.9 Å².